The monoisotopic (exact) mass is 313 g/mol. The average Bonchev–Trinajstić information content (AvgIpc) is 2.39. The number of hydrogen-bond donors (Lipinski definition) is 2. The van der Waals surface area contributed by atoms with Crippen molar-refractivity contribution in [1.82, 2.24) is 4.72 Å². The third-order valence-electron chi connectivity index (χ3n) is 3.45. The number of carbonyl (C=O) groups is 1. The topological polar surface area (TPSA) is 47.6 Å². The highest BCUT2D eigenvalue weighted by atomic mass is 32.1. The lowest BCUT2D eigenvalue weighted by molar-refractivity contribution is -0.123. The first-order valence-electron chi connectivity index (χ1n) is 7.00. The van der Waals surface area contributed by atoms with Crippen molar-refractivity contribution in [2.75, 3.05) is 6.61 Å². The normalized spacial score (nSPS) is 21.0. The van der Waals surface area contributed by atoms with Crippen LogP contribution in [0.15, 0.2) is 18.2 Å². The zero-order chi connectivity index (χ0) is 15.4. The Labute approximate surface area is 129 Å². The minimum absolute atomic E-state index is 0.0246. The van der Waals surface area contributed by atoms with Gasteiger partial charge in [-0.3, -0.25) is 9.52 Å². The van der Waals surface area contributed by atoms with Crippen molar-refractivity contribution >= 4 is 18.6 Å². The van der Waals surface area contributed by atoms with Crippen LogP contribution in [0.4, 0.5) is 4.39 Å². The van der Waals surface area contributed by atoms with Crippen LogP contribution in [-0.4, -0.2) is 24.5 Å². The smallest absolute Gasteiger partial charge is 0.172 e. The molecule has 4 nitrogen and oxygen atoms in total. The summed E-state index contributed by atoms with van der Waals surface area (Å²) in [6.45, 7) is 3.54. The van der Waals surface area contributed by atoms with Gasteiger partial charge in [-0.15, -0.1) is 0 Å². The van der Waals surface area contributed by atoms with Crippen LogP contribution in [0.5, 0.6) is 11.5 Å². The highest BCUT2D eigenvalue weighted by molar-refractivity contribution is 7.78. The van der Waals surface area contributed by atoms with Gasteiger partial charge in [0.15, 0.2) is 5.78 Å². The molecule has 0 bridgehead atoms. The van der Waals surface area contributed by atoms with Crippen LogP contribution in [-0.2, 0) is 4.79 Å². The van der Waals surface area contributed by atoms with Crippen molar-refractivity contribution in [3.8, 4) is 11.5 Å². The minimum atomic E-state index is -0.442. The molecule has 1 fully saturated rings. The molecule has 1 aromatic carbocycles. The SMILES string of the molecule is CC(C)C(=O)COc1cc(F)cc(O[C@H]2C[C@@H](NS)C2)c1. The summed E-state index contributed by atoms with van der Waals surface area (Å²) < 4.78 is 27.4. The fourth-order valence-electron chi connectivity index (χ4n) is 1.97. The molecule has 0 amide bonds. The molecule has 1 saturated carbocycles. The molecule has 0 saturated heterocycles. The molecule has 0 aliphatic heterocycles. The number of benzene rings is 1. The van der Waals surface area contributed by atoms with Gasteiger partial charge in [0, 0.05) is 43.0 Å². The van der Waals surface area contributed by atoms with E-state index in [1.165, 1.54) is 12.1 Å². The molecule has 1 aliphatic carbocycles. The number of halogens is 1. The molecular formula is C15H20FNO3S. The van der Waals surface area contributed by atoms with Crippen LogP contribution in [0.1, 0.15) is 26.7 Å². The Morgan fingerprint density at radius 3 is 2.67 bits per heavy atom. The molecule has 21 heavy (non-hydrogen) atoms. The van der Waals surface area contributed by atoms with E-state index in [1.54, 1.807) is 19.9 Å². The van der Waals surface area contributed by atoms with E-state index in [9.17, 15) is 9.18 Å². The summed E-state index contributed by atoms with van der Waals surface area (Å²) >= 11 is 3.99. The molecular weight excluding hydrogens is 293 g/mol. The Balaban J connectivity index is 1.92. The molecule has 0 radical (unpaired) electrons. The van der Waals surface area contributed by atoms with E-state index in [0.29, 0.717) is 17.5 Å². The average molecular weight is 313 g/mol. The number of ether oxygens (including phenoxy) is 2. The molecule has 0 spiro atoms. The maximum Gasteiger partial charge on any atom is 0.172 e. The number of hydrogen-bond acceptors (Lipinski definition) is 5. The Morgan fingerprint density at radius 1 is 1.38 bits per heavy atom. The summed E-state index contributed by atoms with van der Waals surface area (Å²) in [7, 11) is 0. The van der Waals surface area contributed by atoms with Gasteiger partial charge in [0.05, 0.1) is 0 Å². The van der Waals surface area contributed by atoms with Crippen LogP contribution >= 0.6 is 12.8 Å². The third-order valence-corrected chi connectivity index (χ3v) is 3.82. The number of ketones is 1. The standard InChI is InChI=1S/C15H20FNO3S/c1-9(2)15(18)8-19-12-3-10(16)4-13(7-12)20-14-5-11(6-14)17-21/h3-4,7,9,11,14,17,21H,5-6,8H2,1-2H3/t11-,14+. The minimum Gasteiger partial charge on any atom is -0.490 e. The predicted octanol–water partition coefficient (Wildman–Crippen LogP) is 2.77. The number of Topliss-reactive ketones (excluding diaryl/α,β-unsaturated/α-hetero) is 1. The van der Waals surface area contributed by atoms with Crippen molar-refractivity contribution in [3.05, 3.63) is 24.0 Å². The molecule has 0 heterocycles. The molecule has 6 heteroatoms. The Kier molecular flexibility index (Phi) is 5.47. The summed E-state index contributed by atoms with van der Waals surface area (Å²) in [6.07, 6.45) is 1.73. The Morgan fingerprint density at radius 2 is 2.05 bits per heavy atom. The predicted molar refractivity (Wildman–Crippen MR) is 81.3 cm³/mol. The van der Waals surface area contributed by atoms with Gasteiger partial charge in [-0.2, -0.15) is 0 Å². The van der Waals surface area contributed by atoms with Crippen LogP contribution < -0.4 is 14.2 Å². The lowest BCUT2D eigenvalue weighted by atomic mass is 9.90. The Bertz CT molecular complexity index is 504. The molecule has 1 aromatic rings. The molecule has 2 rings (SSSR count). The summed E-state index contributed by atoms with van der Waals surface area (Å²) in [6, 6.07) is 4.52. The first kappa shape index (κ1) is 16.1. The van der Waals surface area contributed by atoms with E-state index >= 15 is 0 Å². The summed E-state index contributed by atoms with van der Waals surface area (Å²) in [5.41, 5.74) is 0. The summed E-state index contributed by atoms with van der Waals surface area (Å²) in [5.74, 6) is 0.160. The maximum atomic E-state index is 13.6. The van der Waals surface area contributed by atoms with Crippen LogP contribution in [0.2, 0.25) is 0 Å². The van der Waals surface area contributed by atoms with E-state index in [4.69, 9.17) is 9.47 Å². The molecule has 0 aromatic heterocycles. The van der Waals surface area contributed by atoms with Gasteiger partial charge in [0.1, 0.15) is 30.0 Å². The van der Waals surface area contributed by atoms with Gasteiger partial charge in [-0.05, 0) is 0 Å². The second kappa shape index (κ2) is 7.13. The van der Waals surface area contributed by atoms with Crippen molar-refractivity contribution in [2.24, 2.45) is 5.92 Å². The summed E-state index contributed by atoms with van der Waals surface area (Å²) in [4.78, 5) is 11.5. The van der Waals surface area contributed by atoms with E-state index in [1.807, 2.05) is 0 Å². The fraction of sp³-hybridized carbons (Fsp3) is 0.533. The zero-order valence-electron chi connectivity index (χ0n) is 12.1. The van der Waals surface area contributed by atoms with E-state index in [-0.39, 0.29) is 24.4 Å². The number of nitrogens with one attached hydrogen (secondary N) is 1. The molecule has 116 valence electrons. The van der Waals surface area contributed by atoms with Crippen molar-refractivity contribution in [1.29, 1.82) is 0 Å². The number of thiol groups is 1. The second-order valence-electron chi connectivity index (χ2n) is 5.57. The lowest BCUT2D eigenvalue weighted by Crippen LogP contribution is -2.43. The van der Waals surface area contributed by atoms with Gasteiger partial charge in [0.2, 0.25) is 0 Å². The van der Waals surface area contributed by atoms with Crippen molar-refractivity contribution < 1.29 is 18.7 Å². The van der Waals surface area contributed by atoms with Gasteiger partial charge < -0.3 is 9.47 Å². The van der Waals surface area contributed by atoms with Crippen molar-refractivity contribution in [2.45, 2.75) is 38.8 Å². The van der Waals surface area contributed by atoms with Gasteiger partial charge in [0.25, 0.3) is 0 Å². The quantitative estimate of drug-likeness (QED) is 0.760. The number of rotatable bonds is 7. The second-order valence-corrected chi connectivity index (χ2v) is 5.83. The fourth-order valence-corrected chi connectivity index (χ4v) is 2.18. The van der Waals surface area contributed by atoms with Gasteiger partial charge in [-0.25, -0.2) is 4.39 Å². The van der Waals surface area contributed by atoms with E-state index in [0.717, 1.165) is 12.8 Å². The highest BCUT2D eigenvalue weighted by Crippen LogP contribution is 2.29. The van der Waals surface area contributed by atoms with E-state index < -0.39 is 5.82 Å². The van der Waals surface area contributed by atoms with Crippen LogP contribution in [0.3, 0.4) is 0 Å². The Hall–Kier alpha value is -1.27. The molecule has 1 N–H and O–H groups in total. The summed E-state index contributed by atoms with van der Waals surface area (Å²) in [5, 5.41) is 0. The molecule has 1 aliphatic rings. The maximum absolute atomic E-state index is 13.6. The molecule has 0 unspecified atom stereocenters. The van der Waals surface area contributed by atoms with Crippen molar-refractivity contribution in [3.63, 3.8) is 0 Å². The first-order valence-corrected chi connectivity index (χ1v) is 7.45. The van der Waals surface area contributed by atoms with Crippen LogP contribution in [0.25, 0.3) is 0 Å². The number of carbonyl (C=O) groups excluding carboxylic acids is 1. The molecule has 0 atom stereocenters. The van der Waals surface area contributed by atoms with Crippen LogP contribution in [0, 0.1) is 11.7 Å². The largest absolute Gasteiger partial charge is 0.490 e. The first-order chi connectivity index (χ1) is 9.97. The third kappa shape index (κ3) is 4.61. The lowest BCUT2D eigenvalue weighted by Gasteiger charge is -2.34. The van der Waals surface area contributed by atoms with E-state index in [2.05, 4.69) is 17.5 Å². The van der Waals surface area contributed by atoms with Gasteiger partial charge >= 0.3 is 0 Å². The highest BCUT2D eigenvalue weighted by Gasteiger charge is 2.30. The zero-order valence-corrected chi connectivity index (χ0v) is 13.0. The van der Waals surface area contributed by atoms with Gasteiger partial charge in [-0.1, -0.05) is 26.7 Å².